The Bertz CT molecular complexity index is 60.0. The predicted molar refractivity (Wildman–Crippen MR) is 46.0 cm³/mol. The van der Waals surface area contributed by atoms with Crippen LogP contribution in [-0.4, -0.2) is 10.5 Å². The largest absolute Gasteiger partial charge is 0.273 e. The fourth-order valence-corrected chi connectivity index (χ4v) is 5.47. The zero-order valence-electron chi connectivity index (χ0n) is 4.38. The van der Waals surface area contributed by atoms with Gasteiger partial charge in [0.25, 0.3) is 10.5 Å². The summed E-state index contributed by atoms with van der Waals surface area (Å²) in [6.45, 7) is 4.51. The maximum Gasteiger partial charge on any atom is 0.273 e. The second kappa shape index (κ2) is 2.65. The predicted octanol–water partition coefficient (Wildman–Crippen LogP) is 2.35. The molecule has 0 atom stereocenters. The lowest BCUT2D eigenvalue weighted by Gasteiger charge is -1.87. The molecule has 0 saturated carbocycles. The van der Waals surface area contributed by atoms with Crippen LogP contribution in [0.25, 0.3) is 0 Å². The Morgan fingerprint density at radius 3 is 1.57 bits per heavy atom. The lowest BCUT2D eigenvalue weighted by atomic mass is 10.1. The smallest absolute Gasteiger partial charge is 0.229 e. The summed E-state index contributed by atoms with van der Waals surface area (Å²) in [5.41, 5.74) is 0. The van der Waals surface area contributed by atoms with Gasteiger partial charge < -0.3 is 0 Å². The minimum atomic E-state index is 0.819. The Hall–Kier alpha value is 1.18. The van der Waals surface area contributed by atoms with Crippen molar-refractivity contribution in [3.05, 3.63) is 0 Å². The third-order valence-corrected chi connectivity index (χ3v) is 6.17. The molecule has 38 valence electrons. The van der Waals surface area contributed by atoms with Crippen LogP contribution in [0, 0.1) is 0 Å². The van der Waals surface area contributed by atoms with Gasteiger partial charge in [0.2, 0.25) is 0 Å². The van der Waals surface area contributed by atoms with Crippen molar-refractivity contribution in [2.45, 2.75) is 13.6 Å². The van der Waals surface area contributed by atoms with Crippen LogP contribution in [0.3, 0.4) is 0 Å². The first-order chi connectivity index (χ1) is 3.29. The highest BCUT2D eigenvalue weighted by molar-refractivity contribution is 9.12. The van der Waals surface area contributed by atoms with Gasteiger partial charge >= 0.3 is 0 Å². The van der Waals surface area contributed by atoms with Gasteiger partial charge in [0.05, 0.1) is 0 Å². The first-order valence-electron chi connectivity index (χ1n) is 2.26. The van der Waals surface area contributed by atoms with Crippen LogP contribution in [0.15, 0.2) is 0 Å². The molecule has 0 bridgehead atoms. The first-order valence-corrected chi connectivity index (χ1v) is 5.48. The summed E-state index contributed by atoms with van der Waals surface area (Å²) in [7, 11) is 3.97. The van der Waals surface area contributed by atoms with E-state index in [9.17, 15) is 0 Å². The van der Waals surface area contributed by atoms with Crippen LogP contribution in [0.1, 0.15) is 0 Å². The summed E-state index contributed by atoms with van der Waals surface area (Å²) in [6, 6.07) is 0. The molecule has 5 heteroatoms. The molecule has 1 heterocycles. The number of hydrogen-bond acceptors (Lipinski definition) is 3. The second-order valence-corrected chi connectivity index (χ2v) is 6.70. The normalized spacial score (nSPS) is 21.4. The molecule has 1 rings (SSSR count). The lowest BCUT2D eigenvalue weighted by molar-refractivity contribution is 2.35. The SMILES string of the molecule is CB1SSB(C)S1. The first kappa shape index (κ1) is 6.30. The van der Waals surface area contributed by atoms with Crippen LogP contribution in [-0.2, 0) is 0 Å². The van der Waals surface area contributed by atoms with Crippen LogP contribution in [0.4, 0.5) is 0 Å². The van der Waals surface area contributed by atoms with E-state index in [1.165, 1.54) is 0 Å². The molecule has 0 spiro atoms. The molecule has 0 unspecified atom stereocenters. The molecule has 0 aliphatic carbocycles. The Morgan fingerprint density at radius 2 is 1.43 bits per heavy atom. The van der Waals surface area contributed by atoms with Gasteiger partial charge in [-0.25, -0.2) is 11.5 Å². The average Bonchev–Trinajstić information content (AvgIpc) is 1.87. The van der Waals surface area contributed by atoms with E-state index in [-0.39, 0.29) is 0 Å². The fraction of sp³-hybridized carbons (Fsp3) is 1.00. The van der Waals surface area contributed by atoms with Gasteiger partial charge in [-0.1, -0.05) is 13.6 Å². The van der Waals surface area contributed by atoms with Crippen molar-refractivity contribution in [3.63, 3.8) is 0 Å². The van der Waals surface area contributed by atoms with Crippen molar-refractivity contribution < 1.29 is 0 Å². The molecule has 1 aliphatic rings. The molecular formula is C2H6B2S3. The van der Waals surface area contributed by atoms with Crippen LogP contribution < -0.4 is 0 Å². The van der Waals surface area contributed by atoms with Crippen LogP contribution >= 0.6 is 32.8 Å². The number of rotatable bonds is 0. The third-order valence-electron chi connectivity index (χ3n) is 0.710. The molecule has 0 N–H and O–H groups in total. The van der Waals surface area contributed by atoms with Gasteiger partial charge in [-0.15, -0.1) is 21.3 Å². The fourth-order valence-electron chi connectivity index (χ4n) is 0.472. The van der Waals surface area contributed by atoms with E-state index in [0.717, 1.165) is 10.5 Å². The zero-order chi connectivity index (χ0) is 5.28. The van der Waals surface area contributed by atoms with Crippen molar-refractivity contribution in [2.75, 3.05) is 0 Å². The average molecular weight is 148 g/mol. The molecular weight excluding hydrogens is 142 g/mol. The molecule has 0 nitrogen and oxygen atoms in total. The Labute approximate surface area is 57.1 Å². The molecule has 0 aromatic carbocycles. The van der Waals surface area contributed by atoms with E-state index >= 15 is 0 Å². The highest BCUT2D eigenvalue weighted by Crippen LogP contribution is 2.45. The van der Waals surface area contributed by atoms with E-state index < -0.39 is 0 Å². The van der Waals surface area contributed by atoms with E-state index in [1.807, 2.05) is 32.8 Å². The van der Waals surface area contributed by atoms with Crippen molar-refractivity contribution in [3.8, 4) is 0 Å². The summed E-state index contributed by atoms with van der Waals surface area (Å²) in [6.07, 6.45) is 0. The highest BCUT2D eigenvalue weighted by atomic mass is 33.1. The van der Waals surface area contributed by atoms with Gasteiger partial charge in [-0.2, -0.15) is 0 Å². The molecule has 1 fully saturated rings. The minimum Gasteiger partial charge on any atom is -0.229 e. The van der Waals surface area contributed by atoms with E-state index in [4.69, 9.17) is 0 Å². The van der Waals surface area contributed by atoms with Crippen molar-refractivity contribution in [1.29, 1.82) is 0 Å². The maximum atomic E-state index is 2.26. The molecule has 0 amide bonds. The quantitative estimate of drug-likeness (QED) is 0.382. The molecule has 0 aromatic rings. The summed E-state index contributed by atoms with van der Waals surface area (Å²) in [5.74, 6) is 0. The Balaban J connectivity index is 2.26. The highest BCUT2D eigenvalue weighted by Gasteiger charge is 2.24. The van der Waals surface area contributed by atoms with Gasteiger partial charge in [0.15, 0.2) is 0 Å². The standard InChI is InChI=1S/C2H6B2S3/c1-3-5-4(2)7-6-3/h1-2H3. The molecule has 0 radical (unpaired) electrons. The second-order valence-electron chi connectivity index (χ2n) is 1.46. The van der Waals surface area contributed by atoms with Gasteiger partial charge in [-0.05, 0) is 0 Å². The monoisotopic (exact) mass is 148 g/mol. The van der Waals surface area contributed by atoms with Gasteiger partial charge in [0, 0.05) is 0 Å². The van der Waals surface area contributed by atoms with E-state index in [0.29, 0.717) is 0 Å². The van der Waals surface area contributed by atoms with E-state index in [2.05, 4.69) is 13.6 Å². The molecule has 1 saturated heterocycles. The summed E-state index contributed by atoms with van der Waals surface area (Å²) in [4.78, 5) is 0. The van der Waals surface area contributed by atoms with Crippen molar-refractivity contribution in [1.82, 2.24) is 0 Å². The minimum absolute atomic E-state index is 0.819. The van der Waals surface area contributed by atoms with Gasteiger partial charge in [0.1, 0.15) is 0 Å². The topological polar surface area (TPSA) is 0 Å². The summed E-state index contributed by atoms with van der Waals surface area (Å²) >= 11 is 2.05. The third kappa shape index (κ3) is 1.86. The Morgan fingerprint density at radius 1 is 1.00 bits per heavy atom. The summed E-state index contributed by atoms with van der Waals surface area (Å²) < 4.78 is 0. The molecule has 7 heavy (non-hydrogen) atoms. The van der Waals surface area contributed by atoms with Gasteiger partial charge in [-0.3, -0.25) is 0 Å². The van der Waals surface area contributed by atoms with Crippen molar-refractivity contribution >= 4 is 43.3 Å². The Kier molecular flexibility index (Phi) is 2.38. The summed E-state index contributed by atoms with van der Waals surface area (Å²) in [5, 5.41) is 1.64. The molecule has 1 aliphatic heterocycles. The number of hydrogen-bond donors (Lipinski definition) is 0. The maximum absolute atomic E-state index is 2.26. The van der Waals surface area contributed by atoms with Crippen molar-refractivity contribution in [2.24, 2.45) is 0 Å². The lowest BCUT2D eigenvalue weighted by Crippen LogP contribution is -1.91. The van der Waals surface area contributed by atoms with Crippen LogP contribution in [0.2, 0.25) is 13.6 Å². The zero-order valence-corrected chi connectivity index (χ0v) is 6.83. The molecule has 0 aromatic heterocycles. The van der Waals surface area contributed by atoms with E-state index in [1.54, 1.807) is 0 Å². The van der Waals surface area contributed by atoms with Crippen LogP contribution in [0.5, 0.6) is 0 Å².